The van der Waals surface area contributed by atoms with Crippen molar-refractivity contribution in [2.75, 3.05) is 6.61 Å². The average molecular weight is 465 g/mol. The first-order valence-corrected chi connectivity index (χ1v) is 10.9. The molecule has 2 bridgehead atoms. The van der Waals surface area contributed by atoms with Crippen LogP contribution in [0.5, 0.6) is 5.75 Å². The normalized spacial score (nSPS) is 26.6. The number of aromatic nitrogens is 2. The zero-order chi connectivity index (χ0) is 23.1. The summed E-state index contributed by atoms with van der Waals surface area (Å²) in [6.45, 7) is 1.54. The van der Waals surface area contributed by atoms with Crippen LogP contribution in [0.2, 0.25) is 5.02 Å². The summed E-state index contributed by atoms with van der Waals surface area (Å²) >= 11 is 5.65. The van der Waals surface area contributed by atoms with Gasteiger partial charge in [0.15, 0.2) is 6.61 Å². The number of hydrogen-bond donors (Lipinski definition) is 3. The smallest absolute Gasteiger partial charge is 0.270 e. The van der Waals surface area contributed by atoms with E-state index >= 15 is 0 Å². The number of amides is 2. The second kappa shape index (κ2) is 8.37. The van der Waals surface area contributed by atoms with Gasteiger partial charge in [0.05, 0.1) is 22.4 Å². The van der Waals surface area contributed by atoms with Crippen LogP contribution in [-0.2, 0) is 11.8 Å². The first kappa shape index (κ1) is 22.5. The van der Waals surface area contributed by atoms with E-state index in [-0.39, 0.29) is 29.2 Å². The molecule has 0 spiro atoms. The summed E-state index contributed by atoms with van der Waals surface area (Å²) in [5.74, 6) is -1.03. The highest BCUT2D eigenvalue weighted by Gasteiger charge is 2.55. The molecule has 8 nitrogen and oxygen atoms in total. The fraction of sp³-hybridized carbons (Fsp3) is 0.500. The number of aryl methyl sites for hydroxylation is 2. The van der Waals surface area contributed by atoms with Crippen molar-refractivity contribution in [1.82, 2.24) is 20.4 Å². The topological polar surface area (TPSA) is 105 Å². The SMILES string of the molecule is Cc1cc(C(=O)NC23CCC(NC(=O)COc4ccc(Cl)c(F)c4)(CC2)C[C@@H]3O)n(C)n1. The molecule has 3 saturated carbocycles. The van der Waals surface area contributed by atoms with Crippen molar-refractivity contribution in [3.63, 3.8) is 0 Å². The van der Waals surface area contributed by atoms with Crippen LogP contribution >= 0.6 is 11.6 Å². The van der Waals surface area contributed by atoms with Crippen LogP contribution in [-0.4, -0.2) is 50.5 Å². The molecule has 172 valence electrons. The largest absolute Gasteiger partial charge is 0.484 e. The van der Waals surface area contributed by atoms with Gasteiger partial charge in [-0.15, -0.1) is 0 Å². The number of carbonyl (C=O) groups excluding carboxylic acids is 2. The van der Waals surface area contributed by atoms with Crippen LogP contribution < -0.4 is 15.4 Å². The van der Waals surface area contributed by atoms with Crippen LogP contribution in [0.4, 0.5) is 4.39 Å². The summed E-state index contributed by atoms with van der Waals surface area (Å²) in [6, 6.07) is 5.69. The summed E-state index contributed by atoms with van der Waals surface area (Å²) < 4.78 is 20.4. The maximum Gasteiger partial charge on any atom is 0.270 e. The van der Waals surface area contributed by atoms with Gasteiger partial charge >= 0.3 is 0 Å². The minimum atomic E-state index is -0.796. The first-order valence-electron chi connectivity index (χ1n) is 10.5. The third-order valence-corrected chi connectivity index (χ3v) is 6.89. The molecule has 1 aromatic heterocycles. The van der Waals surface area contributed by atoms with Crippen LogP contribution in [0.15, 0.2) is 24.3 Å². The molecule has 3 N–H and O–H groups in total. The number of carbonyl (C=O) groups is 2. The molecule has 2 aromatic rings. The zero-order valence-electron chi connectivity index (χ0n) is 18.0. The predicted molar refractivity (Wildman–Crippen MR) is 115 cm³/mol. The Hall–Kier alpha value is -2.65. The Bertz CT molecular complexity index is 1050. The fourth-order valence-electron chi connectivity index (χ4n) is 4.82. The molecule has 0 radical (unpaired) electrons. The lowest BCUT2D eigenvalue weighted by Crippen LogP contribution is -2.70. The lowest BCUT2D eigenvalue weighted by atomic mass is 9.60. The number of nitrogens with one attached hydrogen (secondary N) is 2. The zero-order valence-corrected chi connectivity index (χ0v) is 18.7. The number of nitrogens with zero attached hydrogens (tertiary/aromatic N) is 2. The van der Waals surface area contributed by atoms with Gasteiger partial charge < -0.3 is 20.5 Å². The number of aliphatic hydroxyl groups is 1. The Balaban J connectivity index is 1.35. The highest BCUT2D eigenvalue weighted by molar-refractivity contribution is 6.30. The molecular formula is C22H26ClFN4O4. The Morgan fingerprint density at radius 2 is 2.00 bits per heavy atom. The quantitative estimate of drug-likeness (QED) is 0.608. The third kappa shape index (κ3) is 4.31. The molecule has 1 aromatic carbocycles. The number of rotatable bonds is 6. The van der Waals surface area contributed by atoms with Crippen molar-refractivity contribution in [1.29, 1.82) is 0 Å². The molecular weight excluding hydrogens is 439 g/mol. The van der Waals surface area contributed by atoms with Gasteiger partial charge in [0.1, 0.15) is 17.3 Å². The molecule has 5 rings (SSSR count). The summed E-state index contributed by atoms with van der Waals surface area (Å²) in [6.07, 6.45) is 1.86. The van der Waals surface area contributed by atoms with Crippen molar-refractivity contribution < 1.29 is 23.8 Å². The first-order chi connectivity index (χ1) is 15.1. The van der Waals surface area contributed by atoms with Gasteiger partial charge in [-0.3, -0.25) is 14.3 Å². The molecule has 3 aliphatic carbocycles. The maximum atomic E-state index is 13.5. The minimum absolute atomic E-state index is 0.0202. The number of fused-ring (bicyclic) bond motifs is 3. The molecule has 32 heavy (non-hydrogen) atoms. The van der Waals surface area contributed by atoms with Gasteiger partial charge in [0.2, 0.25) is 0 Å². The molecule has 1 atom stereocenters. The average Bonchev–Trinajstić information content (AvgIpc) is 3.08. The predicted octanol–water partition coefficient (Wildman–Crippen LogP) is 2.26. The number of halogens is 2. The molecule has 3 fully saturated rings. The number of ether oxygens (including phenoxy) is 1. The summed E-state index contributed by atoms with van der Waals surface area (Å²) in [5.41, 5.74) is -0.0939. The number of hydrogen-bond acceptors (Lipinski definition) is 5. The van der Waals surface area contributed by atoms with Crippen molar-refractivity contribution in [2.45, 2.75) is 56.2 Å². The number of benzene rings is 1. The standard InChI is InChI=1S/C22H26ClFN4O4/c1-13-9-17(28(2)27-13)20(31)26-22-7-5-21(6-8-22,11-18(22)29)25-19(30)12-32-14-3-4-15(23)16(24)10-14/h3-4,9-10,18,29H,5-8,11-12H2,1-2H3,(H,25,30)(H,26,31)/t18-,21?,22?/m0/s1. The van der Waals surface area contributed by atoms with E-state index in [9.17, 15) is 19.1 Å². The van der Waals surface area contributed by atoms with E-state index in [1.807, 2.05) is 6.92 Å². The third-order valence-electron chi connectivity index (χ3n) is 6.58. The van der Waals surface area contributed by atoms with E-state index in [2.05, 4.69) is 15.7 Å². The van der Waals surface area contributed by atoms with E-state index in [4.69, 9.17) is 16.3 Å². The van der Waals surface area contributed by atoms with Gasteiger partial charge in [-0.2, -0.15) is 5.10 Å². The monoisotopic (exact) mass is 464 g/mol. The highest BCUT2D eigenvalue weighted by Crippen LogP contribution is 2.47. The molecule has 2 amide bonds. The highest BCUT2D eigenvalue weighted by atomic mass is 35.5. The Kier molecular flexibility index (Phi) is 5.89. The molecule has 0 unspecified atom stereocenters. The van der Waals surface area contributed by atoms with E-state index in [1.54, 1.807) is 13.1 Å². The maximum absolute atomic E-state index is 13.5. The molecule has 1 heterocycles. The minimum Gasteiger partial charge on any atom is -0.484 e. The molecule has 10 heteroatoms. The van der Waals surface area contributed by atoms with Crippen LogP contribution in [0.3, 0.4) is 0 Å². The van der Waals surface area contributed by atoms with Crippen LogP contribution in [0, 0.1) is 12.7 Å². The Morgan fingerprint density at radius 3 is 2.59 bits per heavy atom. The molecule has 0 aliphatic heterocycles. The van der Waals surface area contributed by atoms with E-state index in [0.29, 0.717) is 37.8 Å². The summed E-state index contributed by atoms with van der Waals surface area (Å²) in [7, 11) is 1.71. The van der Waals surface area contributed by atoms with Gasteiger partial charge in [-0.1, -0.05) is 11.6 Å². The second-order valence-corrected chi connectivity index (χ2v) is 9.23. The van der Waals surface area contributed by atoms with Gasteiger partial charge in [-0.05, 0) is 57.2 Å². The Morgan fingerprint density at radius 1 is 1.28 bits per heavy atom. The second-order valence-electron chi connectivity index (χ2n) is 8.82. The van der Waals surface area contributed by atoms with Crippen molar-refractivity contribution in [2.24, 2.45) is 7.05 Å². The number of aliphatic hydroxyl groups excluding tert-OH is 1. The van der Waals surface area contributed by atoms with Crippen molar-refractivity contribution in [3.8, 4) is 5.75 Å². The molecule has 3 aliphatic rings. The van der Waals surface area contributed by atoms with Crippen LogP contribution in [0.1, 0.15) is 48.3 Å². The lowest BCUT2D eigenvalue weighted by Gasteiger charge is -2.56. The van der Waals surface area contributed by atoms with Crippen molar-refractivity contribution in [3.05, 3.63) is 46.5 Å². The Labute approximate surface area is 190 Å². The van der Waals surface area contributed by atoms with Gasteiger partial charge in [-0.25, -0.2) is 4.39 Å². The van der Waals surface area contributed by atoms with Crippen molar-refractivity contribution >= 4 is 23.4 Å². The van der Waals surface area contributed by atoms with E-state index in [1.165, 1.54) is 16.8 Å². The summed E-state index contributed by atoms with van der Waals surface area (Å²) in [5, 5.41) is 21.1. The lowest BCUT2D eigenvalue weighted by molar-refractivity contribution is -0.129. The fourth-order valence-corrected chi connectivity index (χ4v) is 4.94. The molecule has 0 saturated heterocycles. The van der Waals surface area contributed by atoms with E-state index in [0.717, 1.165) is 11.8 Å². The van der Waals surface area contributed by atoms with E-state index < -0.39 is 23.0 Å². The van der Waals surface area contributed by atoms with Crippen LogP contribution in [0.25, 0.3) is 0 Å². The van der Waals surface area contributed by atoms with Gasteiger partial charge in [0.25, 0.3) is 11.8 Å². The summed E-state index contributed by atoms with van der Waals surface area (Å²) in [4.78, 5) is 25.3. The van der Waals surface area contributed by atoms with Gasteiger partial charge in [0, 0.05) is 18.7 Å².